The minimum Gasteiger partial charge on any atom is -0.463 e. The summed E-state index contributed by atoms with van der Waals surface area (Å²) in [7, 11) is 18.1. The number of aliphatic hydroxyl groups is 8. The number of hydrogen-bond acceptors (Lipinski definition) is 38. The van der Waals surface area contributed by atoms with Crippen molar-refractivity contribution in [3.05, 3.63) is 35.4 Å². The maximum Gasteiger partial charge on any atom is 0.302 e. The molecule has 0 spiro atoms. The van der Waals surface area contributed by atoms with E-state index in [1.54, 1.807) is 12.1 Å². The summed E-state index contributed by atoms with van der Waals surface area (Å²) in [6, 6.07) is 6.11. The molecule has 7 fully saturated rings. The fraction of sp³-hybridized carbons (Fsp3) is 0.862. The molecular formula is C65H103NO38. The molecule has 1 aromatic rings. The quantitative estimate of drug-likeness (QED) is 0.0235. The molecule has 8 N–H and O–H groups in total. The number of esters is 1. The van der Waals surface area contributed by atoms with Gasteiger partial charge < -0.3 is 169 Å². The minimum absolute atomic E-state index is 0.0805. The fourth-order valence-corrected chi connectivity index (χ4v) is 14.7. The average molecular weight is 1510 g/mol. The number of hydrogen-bond donors (Lipinski definition) is 8. The van der Waals surface area contributed by atoms with E-state index in [0.717, 1.165) is 11.8 Å². The lowest BCUT2D eigenvalue weighted by atomic mass is 9.94. The van der Waals surface area contributed by atoms with Crippen molar-refractivity contribution < 1.29 is 183 Å². The van der Waals surface area contributed by atoms with E-state index in [4.69, 9.17) is 128 Å². The number of benzene rings is 1. The summed E-state index contributed by atoms with van der Waals surface area (Å²) >= 11 is 0. The molecule has 0 bridgehead atoms. The second-order valence-electron chi connectivity index (χ2n) is 25.7. The summed E-state index contributed by atoms with van der Waals surface area (Å²) in [6.45, 7) is -2.06. The minimum atomic E-state index is -2.10. The number of carbonyl (C=O) groups excluding carboxylic acids is 3. The predicted octanol–water partition coefficient (Wildman–Crippen LogP) is -5.90. The third-order valence-electron chi connectivity index (χ3n) is 19.8. The Bertz CT molecular complexity index is 2770. The van der Waals surface area contributed by atoms with Crippen LogP contribution >= 0.6 is 0 Å². The van der Waals surface area contributed by atoms with Crippen LogP contribution in [0.5, 0.6) is 0 Å². The predicted molar refractivity (Wildman–Crippen MR) is 338 cm³/mol. The van der Waals surface area contributed by atoms with E-state index in [-0.39, 0.29) is 30.9 Å². The van der Waals surface area contributed by atoms with E-state index in [9.17, 15) is 55.2 Å². The standard InChI is InChI=1S/C65H103NO38/c1-26(69)91-25-35-41(99-60-39(73)37(71)36(70)30(20-67)94-60)38(72)40(74)61(95-35)100-42-29(19-66-57(75)27-17-15-16-18-28(27)58(66)76)93-62(53(87-11)48(42)82-6)102-44-32(22-78-2)97-64(55(89-13)49(44)83-7)104-46-34(24-80-4)98-65(56(90-14)51(46)85-9)103-45-33(23-79-3)96-63(54(88-12)50(45)84-8)101-43-31(21-68)92-59(77)52(86-10)47(43)81-5/h15-18,29-56,59-65,67-68,70-74,77H,19-25H2,1-14H3/t29?,30-,31?,32?,33-,34-,35-,36+,37?,38?,39?,40?,41+,42+,43+,44+,45+,46+,47-,48-,49-,50?,51?,52?,53?,54?,55?,56?,59+,60+,61-,62+,63-,64-,65+/m0/s1. The number of amides is 2. The van der Waals surface area contributed by atoms with Gasteiger partial charge in [0.05, 0.1) is 50.7 Å². The SMILES string of the molecule is COCC1O[C@@H](O[C@H]2C(OC)C(OC)[C@@H](O[C@H]3C(OC)C(OC)[C@H](O[C@@H]4C(CO)O[C@@H](O)C(OC)[C@H]4OC)O[C@H]3COC)O[C@H]2COC)C(OC)[C@@H](OC)[C@@H]1O[C@H]1OC(CN2C(=O)c3ccccc3C2=O)[C@@H](O[C@@H]2O[C@@H](COC(C)=O)[C@@H](O[C@H]3O[C@@H](CO)[C@@H](O)C(O)C3O)C(O)C2O)[C@H](OC)C1OC. The van der Waals surface area contributed by atoms with Crippen LogP contribution in [-0.4, -0.2) is 417 Å². The molecule has 9 rings (SSSR count). The Balaban J connectivity index is 0.970. The lowest BCUT2D eigenvalue weighted by molar-refractivity contribution is -0.402. The Morgan fingerprint density at radius 1 is 0.346 bits per heavy atom. The van der Waals surface area contributed by atoms with Crippen LogP contribution < -0.4 is 0 Å². The maximum atomic E-state index is 14.2. The molecule has 0 saturated carbocycles. The molecule has 8 heterocycles. The van der Waals surface area contributed by atoms with Gasteiger partial charge >= 0.3 is 5.97 Å². The molecule has 2 amide bonds. The Kier molecular flexibility index (Phi) is 31.6. The van der Waals surface area contributed by atoms with Gasteiger partial charge in [-0.2, -0.15) is 0 Å². The number of nitrogens with zero attached hydrogens (tertiary/aromatic N) is 1. The van der Waals surface area contributed by atoms with Crippen LogP contribution in [0, 0.1) is 0 Å². The number of aliphatic hydroxyl groups excluding tert-OH is 8. The molecule has 7 saturated heterocycles. The molecule has 14 unspecified atom stereocenters. The van der Waals surface area contributed by atoms with Crippen LogP contribution in [0.1, 0.15) is 27.6 Å². The molecule has 0 radical (unpaired) electrons. The zero-order valence-corrected chi connectivity index (χ0v) is 60.2. The topological polar surface area (TPSA) is 466 Å². The first-order valence-electron chi connectivity index (χ1n) is 33.7. The molecule has 39 heteroatoms. The molecule has 39 nitrogen and oxygen atoms in total. The molecular weight excluding hydrogens is 1400 g/mol. The smallest absolute Gasteiger partial charge is 0.302 e. The van der Waals surface area contributed by atoms with Crippen LogP contribution in [0.25, 0.3) is 0 Å². The van der Waals surface area contributed by atoms with Gasteiger partial charge in [0.1, 0.15) is 178 Å². The number of imide groups is 1. The number of rotatable bonds is 34. The summed E-state index contributed by atoms with van der Waals surface area (Å²) in [4.78, 5) is 41.6. The molecule has 8 aliphatic heterocycles. The van der Waals surface area contributed by atoms with Gasteiger partial charge in [0, 0.05) is 99.4 Å². The first-order chi connectivity index (χ1) is 50.1. The van der Waals surface area contributed by atoms with Crippen molar-refractivity contribution in [3.8, 4) is 0 Å². The molecule has 1 aromatic carbocycles. The summed E-state index contributed by atoms with van der Waals surface area (Å²) in [5.74, 6) is -2.24. The van der Waals surface area contributed by atoms with Gasteiger partial charge in [-0.15, -0.1) is 0 Å². The van der Waals surface area contributed by atoms with Crippen molar-refractivity contribution in [1.29, 1.82) is 0 Å². The first-order valence-corrected chi connectivity index (χ1v) is 33.7. The third-order valence-corrected chi connectivity index (χ3v) is 19.8. The van der Waals surface area contributed by atoms with Gasteiger partial charge in [-0.05, 0) is 12.1 Å². The third kappa shape index (κ3) is 17.8. The van der Waals surface area contributed by atoms with Crippen molar-refractivity contribution in [2.45, 2.75) is 222 Å². The van der Waals surface area contributed by atoms with E-state index in [2.05, 4.69) is 0 Å². The average Bonchev–Trinajstić information content (AvgIpc) is 1.06. The van der Waals surface area contributed by atoms with Crippen LogP contribution in [0.3, 0.4) is 0 Å². The molecule has 8 aliphatic rings. The Morgan fingerprint density at radius 3 is 1.02 bits per heavy atom. The van der Waals surface area contributed by atoms with Crippen molar-refractivity contribution in [2.75, 3.05) is 139 Å². The second-order valence-corrected chi connectivity index (χ2v) is 25.7. The number of carbonyl (C=O) groups is 3. The Hall–Kier alpha value is -3.53. The van der Waals surface area contributed by atoms with Crippen LogP contribution in [0.15, 0.2) is 24.3 Å². The number of methoxy groups -OCH3 is 13. The van der Waals surface area contributed by atoms with Gasteiger partial charge in [0.15, 0.2) is 44.0 Å². The summed E-state index contributed by atoms with van der Waals surface area (Å²) < 4.78 is 167. The summed E-state index contributed by atoms with van der Waals surface area (Å²) in [6.07, 6.45) is -48.7. The zero-order valence-electron chi connectivity index (χ0n) is 60.2. The summed E-state index contributed by atoms with van der Waals surface area (Å²) in [5.41, 5.74) is 0.161. The molecule has 596 valence electrons. The van der Waals surface area contributed by atoms with E-state index < -0.39 is 259 Å². The van der Waals surface area contributed by atoms with E-state index in [1.807, 2.05) is 0 Å². The highest BCUT2D eigenvalue weighted by Gasteiger charge is 2.61. The Morgan fingerprint density at radius 2 is 0.654 bits per heavy atom. The van der Waals surface area contributed by atoms with Crippen molar-refractivity contribution >= 4 is 17.8 Å². The second kappa shape index (κ2) is 38.9. The molecule has 0 aromatic heterocycles. The van der Waals surface area contributed by atoms with Gasteiger partial charge in [0.25, 0.3) is 11.8 Å². The van der Waals surface area contributed by atoms with E-state index >= 15 is 0 Å². The largest absolute Gasteiger partial charge is 0.463 e. The fourth-order valence-electron chi connectivity index (χ4n) is 14.7. The number of ether oxygens (including phenoxy) is 27. The normalized spacial score (nSPS) is 43.6. The van der Waals surface area contributed by atoms with Crippen molar-refractivity contribution in [1.82, 2.24) is 4.90 Å². The van der Waals surface area contributed by atoms with Gasteiger partial charge in [-0.3, -0.25) is 19.3 Å². The van der Waals surface area contributed by atoms with E-state index in [0.29, 0.717) is 0 Å². The molecule has 35 atom stereocenters. The lowest BCUT2D eigenvalue weighted by Gasteiger charge is -2.52. The van der Waals surface area contributed by atoms with E-state index in [1.165, 1.54) is 105 Å². The van der Waals surface area contributed by atoms with Crippen LogP contribution in [0.2, 0.25) is 0 Å². The highest BCUT2D eigenvalue weighted by molar-refractivity contribution is 6.21. The number of fused-ring (bicyclic) bond motifs is 1. The van der Waals surface area contributed by atoms with Gasteiger partial charge in [-0.1, -0.05) is 12.1 Å². The van der Waals surface area contributed by atoms with Crippen molar-refractivity contribution in [3.63, 3.8) is 0 Å². The summed E-state index contributed by atoms with van der Waals surface area (Å²) in [5, 5.41) is 86.8. The van der Waals surface area contributed by atoms with Gasteiger partial charge in [-0.25, -0.2) is 0 Å². The molecule has 0 aliphatic carbocycles. The Labute approximate surface area is 600 Å². The first kappa shape index (κ1) is 84.5. The lowest BCUT2D eigenvalue weighted by Crippen LogP contribution is -2.69. The van der Waals surface area contributed by atoms with Crippen LogP contribution in [-0.2, 0) is 133 Å². The highest BCUT2D eigenvalue weighted by Crippen LogP contribution is 2.42. The van der Waals surface area contributed by atoms with Crippen LogP contribution in [0.4, 0.5) is 0 Å². The van der Waals surface area contributed by atoms with Gasteiger partial charge in [0.2, 0.25) is 0 Å². The molecule has 104 heavy (non-hydrogen) atoms. The van der Waals surface area contributed by atoms with Crippen molar-refractivity contribution in [2.24, 2.45) is 0 Å². The maximum absolute atomic E-state index is 14.2. The zero-order chi connectivity index (χ0) is 75.5. The monoisotopic (exact) mass is 1510 g/mol. The highest BCUT2D eigenvalue weighted by atomic mass is 16.8.